The average molecular weight is 183 g/mol. The maximum absolute atomic E-state index is 10.2. The molecule has 0 amide bonds. The SMILES string of the molecule is CN[C@H]1[C@@H](O)[C@]2(C)CC[C@@H]1C2(C)C. The predicted molar refractivity (Wildman–Crippen MR) is 53.5 cm³/mol. The van der Waals surface area contributed by atoms with Crippen LogP contribution in [0.2, 0.25) is 0 Å². The molecule has 13 heavy (non-hydrogen) atoms. The summed E-state index contributed by atoms with van der Waals surface area (Å²) in [4.78, 5) is 0. The van der Waals surface area contributed by atoms with Crippen molar-refractivity contribution in [3.8, 4) is 0 Å². The molecule has 0 aromatic heterocycles. The number of aliphatic hydroxyl groups is 1. The van der Waals surface area contributed by atoms with Gasteiger partial charge in [0.05, 0.1) is 6.10 Å². The molecule has 0 radical (unpaired) electrons. The van der Waals surface area contributed by atoms with Crippen LogP contribution < -0.4 is 5.32 Å². The second kappa shape index (κ2) is 2.48. The van der Waals surface area contributed by atoms with Crippen LogP contribution in [-0.2, 0) is 0 Å². The summed E-state index contributed by atoms with van der Waals surface area (Å²) in [5, 5.41) is 13.5. The number of fused-ring (bicyclic) bond motifs is 2. The third kappa shape index (κ3) is 0.861. The van der Waals surface area contributed by atoms with Gasteiger partial charge in [-0.15, -0.1) is 0 Å². The molecule has 4 atom stereocenters. The van der Waals surface area contributed by atoms with E-state index in [0.717, 1.165) is 0 Å². The third-order valence-corrected chi connectivity index (χ3v) is 5.13. The van der Waals surface area contributed by atoms with E-state index in [9.17, 15) is 5.11 Å². The number of hydrogen-bond donors (Lipinski definition) is 2. The third-order valence-electron chi connectivity index (χ3n) is 5.13. The fraction of sp³-hybridized carbons (Fsp3) is 1.00. The van der Waals surface area contributed by atoms with Crippen LogP contribution in [0, 0.1) is 16.7 Å². The molecule has 2 heteroatoms. The zero-order valence-corrected chi connectivity index (χ0v) is 9.09. The smallest absolute Gasteiger partial charge is 0.0754 e. The number of nitrogens with one attached hydrogen (secondary N) is 1. The van der Waals surface area contributed by atoms with Crippen LogP contribution >= 0.6 is 0 Å². The van der Waals surface area contributed by atoms with E-state index in [1.54, 1.807) is 0 Å². The van der Waals surface area contributed by atoms with Crippen LogP contribution in [0.25, 0.3) is 0 Å². The Morgan fingerprint density at radius 3 is 2.23 bits per heavy atom. The normalized spacial score (nSPS) is 52.8. The summed E-state index contributed by atoms with van der Waals surface area (Å²) in [5.74, 6) is 0.650. The number of likely N-dealkylation sites (N-methyl/N-ethyl adjacent to an activating group) is 1. The van der Waals surface area contributed by atoms with Gasteiger partial charge < -0.3 is 10.4 Å². The van der Waals surface area contributed by atoms with Gasteiger partial charge in [0.25, 0.3) is 0 Å². The van der Waals surface area contributed by atoms with Crippen molar-refractivity contribution in [2.75, 3.05) is 7.05 Å². The summed E-state index contributed by atoms with van der Waals surface area (Å²) in [6.45, 7) is 6.87. The molecule has 0 spiro atoms. The highest BCUT2D eigenvalue weighted by Gasteiger charge is 2.65. The quantitative estimate of drug-likeness (QED) is 0.644. The molecule has 0 aromatic rings. The molecule has 2 nitrogen and oxygen atoms in total. The van der Waals surface area contributed by atoms with Gasteiger partial charge >= 0.3 is 0 Å². The topological polar surface area (TPSA) is 32.3 Å². The van der Waals surface area contributed by atoms with E-state index in [4.69, 9.17) is 0 Å². The number of aliphatic hydroxyl groups excluding tert-OH is 1. The molecule has 76 valence electrons. The molecule has 2 aliphatic carbocycles. The maximum Gasteiger partial charge on any atom is 0.0754 e. The van der Waals surface area contributed by atoms with Crippen molar-refractivity contribution in [2.45, 2.75) is 45.8 Å². The Morgan fingerprint density at radius 2 is 1.92 bits per heavy atom. The fourth-order valence-electron chi connectivity index (χ4n) is 3.69. The van der Waals surface area contributed by atoms with E-state index in [2.05, 4.69) is 26.1 Å². The first-order chi connectivity index (χ1) is 5.95. The van der Waals surface area contributed by atoms with Gasteiger partial charge in [0, 0.05) is 11.5 Å². The maximum atomic E-state index is 10.2. The Morgan fingerprint density at radius 1 is 1.31 bits per heavy atom. The molecular weight excluding hydrogens is 162 g/mol. The van der Waals surface area contributed by atoms with Gasteiger partial charge in [0.1, 0.15) is 0 Å². The zero-order valence-electron chi connectivity index (χ0n) is 9.09. The Balaban J connectivity index is 2.39. The summed E-state index contributed by atoms with van der Waals surface area (Å²) in [6, 6.07) is 0.314. The summed E-state index contributed by atoms with van der Waals surface area (Å²) in [5.41, 5.74) is 0.422. The van der Waals surface area contributed by atoms with E-state index in [1.807, 2.05) is 7.05 Å². The second-order valence-corrected chi connectivity index (χ2v) is 5.54. The van der Waals surface area contributed by atoms with E-state index >= 15 is 0 Å². The van der Waals surface area contributed by atoms with Gasteiger partial charge in [0.15, 0.2) is 0 Å². The van der Waals surface area contributed by atoms with Gasteiger partial charge in [-0.05, 0) is 31.2 Å². The van der Waals surface area contributed by atoms with E-state index in [0.29, 0.717) is 17.4 Å². The van der Waals surface area contributed by atoms with Crippen LogP contribution in [-0.4, -0.2) is 24.3 Å². The van der Waals surface area contributed by atoms with Crippen molar-refractivity contribution in [1.29, 1.82) is 0 Å². The standard InChI is InChI=1S/C11H21NO/c1-10(2)7-5-6-11(10,3)9(13)8(7)12-4/h7-9,12-13H,5-6H2,1-4H3/t7-,8+,9+,11-/m0/s1. The van der Waals surface area contributed by atoms with Gasteiger partial charge in [-0.2, -0.15) is 0 Å². The average Bonchev–Trinajstić information content (AvgIpc) is 2.36. The minimum absolute atomic E-state index is 0.130. The lowest BCUT2D eigenvalue weighted by Crippen LogP contribution is -2.45. The largest absolute Gasteiger partial charge is 0.391 e. The highest BCUT2D eigenvalue weighted by atomic mass is 16.3. The lowest BCUT2D eigenvalue weighted by Gasteiger charge is -2.37. The molecule has 2 saturated carbocycles. The zero-order chi connectivity index (χ0) is 9.85. The molecular formula is C11H21NO. The Bertz CT molecular complexity index is 226. The molecule has 0 aromatic carbocycles. The number of hydrogen-bond acceptors (Lipinski definition) is 2. The monoisotopic (exact) mass is 183 g/mol. The molecule has 0 saturated heterocycles. The van der Waals surface area contributed by atoms with E-state index in [-0.39, 0.29) is 11.5 Å². The summed E-state index contributed by atoms with van der Waals surface area (Å²) in [7, 11) is 1.97. The minimum Gasteiger partial charge on any atom is -0.391 e. The Hall–Kier alpha value is -0.0800. The molecule has 0 unspecified atom stereocenters. The number of rotatable bonds is 1. The first-order valence-corrected chi connectivity index (χ1v) is 5.30. The molecule has 2 rings (SSSR count). The van der Waals surface area contributed by atoms with Gasteiger partial charge in [-0.3, -0.25) is 0 Å². The van der Waals surface area contributed by atoms with Crippen molar-refractivity contribution >= 4 is 0 Å². The molecule has 0 aliphatic heterocycles. The van der Waals surface area contributed by atoms with Gasteiger partial charge in [-0.25, -0.2) is 0 Å². The second-order valence-electron chi connectivity index (χ2n) is 5.54. The fourth-order valence-corrected chi connectivity index (χ4v) is 3.69. The van der Waals surface area contributed by atoms with Crippen molar-refractivity contribution in [1.82, 2.24) is 5.32 Å². The van der Waals surface area contributed by atoms with Gasteiger partial charge in [0.2, 0.25) is 0 Å². The molecule has 2 bridgehead atoms. The van der Waals surface area contributed by atoms with E-state index < -0.39 is 0 Å². The lowest BCUT2D eigenvalue weighted by molar-refractivity contribution is 0.00130. The Labute approximate surface area is 80.7 Å². The summed E-state index contributed by atoms with van der Waals surface area (Å²) in [6.07, 6.45) is 2.29. The van der Waals surface area contributed by atoms with Crippen LogP contribution in [0.15, 0.2) is 0 Å². The molecule has 2 N–H and O–H groups in total. The van der Waals surface area contributed by atoms with Crippen LogP contribution in [0.4, 0.5) is 0 Å². The molecule has 0 heterocycles. The molecule has 2 aliphatic rings. The lowest BCUT2D eigenvalue weighted by atomic mass is 9.70. The van der Waals surface area contributed by atoms with Crippen molar-refractivity contribution < 1.29 is 5.11 Å². The summed E-state index contributed by atoms with van der Waals surface area (Å²) < 4.78 is 0. The van der Waals surface area contributed by atoms with Crippen LogP contribution in [0.3, 0.4) is 0 Å². The van der Waals surface area contributed by atoms with Crippen molar-refractivity contribution in [3.63, 3.8) is 0 Å². The first-order valence-electron chi connectivity index (χ1n) is 5.30. The predicted octanol–water partition coefficient (Wildman–Crippen LogP) is 1.39. The Kier molecular flexibility index (Phi) is 1.81. The van der Waals surface area contributed by atoms with E-state index in [1.165, 1.54) is 12.8 Å². The minimum atomic E-state index is -0.161. The first kappa shape index (κ1) is 9.47. The highest BCUT2D eigenvalue weighted by molar-refractivity contribution is 5.16. The van der Waals surface area contributed by atoms with Crippen LogP contribution in [0.1, 0.15) is 33.6 Å². The van der Waals surface area contributed by atoms with Crippen LogP contribution in [0.5, 0.6) is 0 Å². The molecule has 2 fully saturated rings. The van der Waals surface area contributed by atoms with Crippen molar-refractivity contribution in [3.05, 3.63) is 0 Å². The van der Waals surface area contributed by atoms with Gasteiger partial charge in [-0.1, -0.05) is 20.8 Å². The summed E-state index contributed by atoms with van der Waals surface area (Å²) >= 11 is 0. The van der Waals surface area contributed by atoms with Crippen molar-refractivity contribution in [2.24, 2.45) is 16.7 Å². The highest BCUT2D eigenvalue weighted by Crippen LogP contribution is 2.65.